The summed E-state index contributed by atoms with van der Waals surface area (Å²) in [6, 6.07) is 15.9. The quantitative estimate of drug-likeness (QED) is 0.368. The highest BCUT2D eigenvalue weighted by Crippen LogP contribution is 2.34. The predicted molar refractivity (Wildman–Crippen MR) is 133 cm³/mol. The minimum atomic E-state index is -3.89. The van der Waals surface area contributed by atoms with Gasteiger partial charge in [-0.2, -0.15) is 0 Å². The number of methoxy groups -OCH3 is 1. The molecule has 0 unspecified atom stereocenters. The van der Waals surface area contributed by atoms with E-state index in [0.29, 0.717) is 39.2 Å². The Morgan fingerprint density at radius 2 is 1.71 bits per heavy atom. The Balaban J connectivity index is 1.93. The van der Waals surface area contributed by atoms with E-state index >= 15 is 0 Å². The number of Topliss-reactive ketones (excluding diaryl/α,β-unsaturated/α-hetero) is 1. The van der Waals surface area contributed by atoms with Crippen molar-refractivity contribution < 1.29 is 22.7 Å². The lowest BCUT2D eigenvalue weighted by Crippen LogP contribution is -2.14. The summed E-state index contributed by atoms with van der Waals surface area (Å²) < 4.78 is 32.0. The zero-order valence-corrected chi connectivity index (χ0v) is 20.1. The summed E-state index contributed by atoms with van der Waals surface area (Å²) >= 11 is 0. The van der Waals surface area contributed by atoms with E-state index < -0.39 is 15.7 Å². The Morgan fingerprint density at radius 1 is 1.00 bits per heavy atom. The van der Waals surface area contributed by atoms with Crippen LogP contribution in [0.1, 0.15) is 33.2 Å². The highest BCUT2D eigenvalue weighted by molar-refractivity contribution is 7.91. The SMILES string of the molecule is COc1ccc(S(=O)(=O)c2cc(C)c3ncc(C(N)=O)c(Nc4cccc(C(C)=O)c4)c3c2)cc1. The number of anilines is 2. The van der Waals surface area contributed by atoms with Crippen LogP contribution in [0, 0.1) is 6.92 Å². The first-order chi connectivity index (χ1) is 16.6. The molecule has 1 aromatic heterocycles. The number of primary amides is 1. The molecule has 3 N–H and O–H groups in total. The zero-order valence-electron chi connectivity index (χ0n) is 19.3. The van der Waals surface area contributed by atoms with Gasteiger partial charge in [-0.1, -0.05) is 12.1 Å². The molecule has 3 aromatic carbocycles. The summed E-state index contributed by atoms with van der Waals surface area (Å²) in [7, 11) is -2.39. The first-order valence-corrected chi connectivity index (χ1v) is 12.1. The third-order valence-corrected chi connectivity index (χ3v) is 7.37. The molecule has 0 bridgehead atoms. The number of benzene rings is 3. The predicted octanol–water partition coefficient (Wildman–Crippen LogP) is 4.43. The lowest BCUT2D eigenvalue weighted by Gasteiger charge is -2.16. The van der Waals surface area contributed by atoms with Crippen molar-refractivity contribution in [1.82, 2.24) is 4.98 Å². The number of amides is 1. The molecule has 4 rings (SSSR count). The fraction of sp³-hybridized carbons (Fsp3) is 0.115. The molecule has 9 heteroatoms. The van der Waals surface area contributed by atoms with Gasteiger partial charge in [0.15, 0.2) is 5.78 Å². The number of pyridine rings is 1. The molecule has 0 aliphatic heterocycles. The van der Waals surface area contributed by atoms with Crippen LogP contribution in [0.2, 0.25) is 0 Å². The van der Waals surface area contributed by atoms with Gasteiger partial charge in [0.2, 0.25) is 9.84 Å². The van der Waals surface area contributed by atoms with Gasteiger partial charge in [-0.15, -0.1) is 0 Å². The van der Waals surface area contributed by atoms with Gasteiger partial charge in [0.1, 0.15) is 5.75 Å². The van der Waals surface area contributed by atoms with Gasteiger partial charge in [-0.25, -0.2) is 8.42 Å². The molecule has 0 saturated carbocycles. The number of hydrogen-bond acceptors (Lipinski definition) is 7. The highest BCUT2D eigenvalue weighted by atomic mass is 32.2. The molecule has 1 amide bonds. The number of aromatic nitrogens is 1. The summed E-state index contributed by atoms with van der Waals surface area (Å²) in [6.45, 7) is 3.20. The van der Waals surface area contributed by atoms with Gasteiger partial charge in [0, 0.05) is 22.8 Å². The maximum absolute atomic E-state index is 13.4. The van der Waals surface area contributed by atoms with E-state index in [2.05, 4.69) is 10.3 Å². The van der Waals surface area contributed by atoms with Crippen LogP contribution in [-0.4, -0.2) is 32.2 Å². The average molecular weight is 490 g/mol. The normalized spacial score (nSPS) is 11.3. The molecule has 0 aliphatic rings. The minimum absolute atomic E-state index is 0.0385. The number of sulfone groups is 1. The molecule has 35 heavy (non-hydrogen) atoms. The number of carbonyl (C=O) groups excluding carboxylic acids is 2. The molecular formula is C26H23N3O5S. The van der Waals surface area contributed by atoms with E-state index in [1.54, 1.807) is 49.4 Å². The molecule has 4 aromatic rings. The highest BCUT2D eigenvalue weighted by Gasteiger charge is 2.22. The number of fused-ring (bicyclic) bond motifs is 1. The van der Waals surface area contributed by atoms with Crippen molar-refractivity contribution >= 4 is 43.8 Å². The average Bonchev–Trinajstić information content (AvgIpc) is 2.84. The second kappa shape index (κ2) is 9.19. The number of nitrogens with one attached hydrogen (secondary N) is 1. The Hall–Kier alpha value is -4.24. The van der Waals surface area contributed by atoms with Crippen LogP contribution < -0.4 is 15.8 Å². The summed E-state index contributed by atoms with van der Waals surface area (Å²) in [4.78, 5) is 28.6. The molecule has 1 heterocycles. The van der Waals surface area contributed by atoms with Crippen molar-refractivity contribution in [3.05, 3.63) is 83.6 Å². The van der Waals surface area contributed by atoms with E-state index in [-0.39, 0.29) is 21.1 Å². The van der Waals surface area contributed by atoms with E-state index in [1.165, 1.54) is 38.4 Å². The number of aryl methyl sites for hydroxylation is 1. The minimum Gasteiger partial charge on any atom is -0.497 e. The topological polar surface area (TPSA) is 128 Å². The molecule has 0 atom stereocenters. The third-order valence-electron chi connectivity index (χ3n) is 5.62. The second-order valence-electron chi connectivity index (χ2n) is 7.99. The third kappa shape index (κ3) is 4.58. The summed E-state index contributed by atoms with van der Waals surface area (Å²) in [6.07, 6.45) is 1.35. The van der Waals surface area contributed by atoms with Crippen molar-refractivity contribution in [2.45, 2.75) is 23.6 Å². The lowest BCUT2D eigenvalue weighted by molar-refractivity contribution is 0.0996. The number of ketones is 1. The van der Waals surface area contributed by atoms with E-state index in [1.807, 2.05) is 0 Å². The van der Waals surface area contributed by atoms with Gasteiger partial charge >= 0.3 is 0 Å². The van der Waals surface area contributed by atoms with Gasteiger partial charge in [0.25, 0.3) is 5.91 Å². The second-order valence-corrected chi connectivity index (χ2v) is 9.94. The maximum Gasteiger partial charge on any atom is 0.252 e. The zero-order chi connectivity index (χ0) is 25.3. The molecule has 0 spiro atoms. The van der Waals surface area contributed by atoms with Crippen molar-refractivity contribution in [1.29, 1.82) is 0 Å². The monoisotopic (exact) mass is 489 g/mol. The fourth-order valence-electron chi connectivity index (χ4n) is 3.77. The number of nitrogens with zero attached hydrogens (tertiary/aromatic N) is 1. The standard InChI is InChI=1S/C26H23N3O5S/c1-15-11-21(35(32,33)20-9-7-19(34-3)8-10-20)13-22-24(15)28-14-23(26(27)31)25(22)29-18-6-4-5-17(12-18)16(2)30/h4-14H,1-3H3,(H2,27,31)(H,28,29). The van der Waals surface area contributed by atoms with Crippen LogP contribution >= 0.6 is 0 Å². The molecular weight excluding hydrogens is 466 g/mol. The van der Waals surface area contributed by atoms with Crippen molar-refractivity contribution in [3.63, 3.8) is 0 Å². The smallest absolute Gasteiger partial charge is 0.252 e. The fourth-order valence-corrected chi connectivity index (χ4v) is 5.15. The Kier molecular flexibility index (Phi) is 6.27. The first-order valence-electron chi connectivity index (χ1n) is 10.6. The maximum atomic E-state index is 13.4. The van der Waals surface area contributed by atoms with Crippen molar-refractivity contribution in [2.75, 3.05) is 12.4 Å². The first kappa shape index (κ1) is 23.9. The molecule has 0 radical (unpaired) electrons. The number of carbonyl (C=O) groups is 2. The van der Waals surface area contributed by atoms with E-state index in [0.717, 1.165) is 0 Å². The number of hydrogen-bond donors (Lipinski definition) is 2. The molecule has 8 nitrogen and oxygen atoms in total. The van der Waals surface area contributed by atoms with Crippen molar-refractivity contribution in [2.24, 2.45) is 5.73 Å². The van der Waals surface area contributed by atoms with Crippen LogP contribution in [-0.2, 0) is 9.84 Å². The molecule has 178 valence electrons. The van der Waals surface area contributed by atoms with Gasteiger partial charge < -0.3 is 15.8 Å². The van der Waals surface area contributed by atoms with Crippen LogP contribution in [0.3, 0.4) is 0 Å². The Bertz CT molecular complexity index is 1580. The van der Waals surface area contributed by atoms with Crippen LogP contribution in [0.15, 0.2) is 76.7 Å². The lowest BCUT2D eigenvalue weighted by atomic mass is 10.0. The van der Waals surface area contributed by atoms with Crippen LogP contribution in [0.25, 0.3) is 10.9 Å². The van der Waals surface area contributed by atoms with Gasteiger partial charge in [-0.05, 0) is 67.9 Å². The van der Waals surface area contributed by atoms with Crippen LogP contribution in [0.4, 0.5) is 11.4 Å². The van der Waals surface area contributed by atoms with Crippen LogP contribution in [0.5, 0.6) is 5.75 Å². The Morgan fingerprint density at radius 3 is 2.34 bits per heavy atom. The summed E-state index contributed by atoms with van der Waals surface area (Å²) in [5.41, 5.74) is 8.13. The summed E-state index contributed by atoms with van der Waals surface area (Å²) in [5, 5.41) is 3.55. The number of nitrogens with two attached hydrogens (primary N) is 1. The molecule has 0 aliphatic carbocycles. The molecule has 0 fully saturated rings. The largest absolute Gasteiger partial charge is 0.497 e. The van der Waals surface area contributed by atoms with E-state index in [4.69, 9.17) is 10.5 Å². The van der Waals surface area contributed by atoms with E-state index in [9.17, 15) is 18.0 Å². The van der Waals surface area contributed by atoms with Gasteiger partial charge in [0.05, 0.1) is 33.7 Å². The molecule has 0 saturated heterocycles. The Labute approximate surface area is 202 Å². The summed E-state index contributed by atoms with van der Waals surface area (Å²) in [5.74, 6) is -0.314. The van der Waals surface area contributed by atoms with Crippen molar-refractivity contribution in [3.8, 4) is 5.75 Å². The van der Waals surface area contributed by atoms with Gasteiger partial charge in [-0.3, -0.25) is 14.6 Å². The number of rotatable bonds is 7. The number of ether oxygens (including phenoxy) is 1.